The fourth-order valence-corrected chi connectivity index (χ4v) is 1.49. The number of carbonyl (C=O) groups excluding carboxylic acids is 1. The van der Waals surface area contributed by atoms with Crippen LogP contribution < -0.4 is 16.4 Å². The smallest absolute Gasteiger partial charge is 0.312 e. The van der Waals surface area contributed by atoms with E-state index in [0.717, 1.165) is 11.3 Å². The van der Waals surface area contributed by atoms with Gasteiger partial charge in [0.05, 0.1) is 0 Å². The van der Waals surface area contributed by atoms with Crippen molar-refractivity contribution in [2.24, 2.45) is 5.73 Å². The number of nitrogens with two attached hydrogens (primary N) is 1. The van der Waals surface area contributed by atoms with Gasteiger partial charge in [-0.1, -0.05) is 12.1 Å². The molecule has 2 aromatic rings. The number of aromatic amines is 1. The minimum absolute atomic E-state index is 0.215. The second-order valence-corrected chi connectivity index (χ2v) is 3.96. The molecule has 1 heterocycles. The summed E-state index contributed by atoms with van der Waals surface area (Å²) < 4.78 is 0. The predicted octanol–water partition coefficient (Wildman–Crippen LogP) is 0.345. The summed E-state index contributed by atoms with van der Waals surface area (Å²) in [6.45, 7) is 0.359. The number of anilines is 1. The minimum Gasteiger partial charge on any atom is -0.360 e. The van der Waals surface area contributed by atoms with Crippen molar-refractivity contribution in [3.63, 3.8) is 0 Å². The van der Waals surface area contributed by atoms with E-state index < -0.39 is 6.03 Å². The number of rotatable bonds is 5. The molecule has 5 N–H and O–H groups in total. The first-order valence-corrected chi connectivity index (χ1v) is 5.92. The number of amides is 2. The van der Waals surface area contributed by atoms with Crippen molar-refractivity contribution in [3.8, 4) is 6.07 Å². The molecule has 9 heteroatoms. The van der Waals surface area contributed by atoms with Crippen LogP contribution in [-0.4, -0.2) is 26.7 Å². The molecule has 0 radical (unpaired) electrons. The van der Waals surface area contributed by atoms with E-state index in [1.165, 1.54) is 6.20 Å². The van der Waals surface area contributed by atoms with Gasteiger partial charge in [-0.2, -0.15) is 10.5 Å². The van der Waals surface area contributed by atoms with Crippen LogP contribution in [0.3, 0.4) is 0 Å². The lowest BCUT2D eigenvalue weighted by atomic mass is 10.2. The standard InChI is InChI=1S/C12H12N8O/c13-5-9(11-17-19-20-18-11)7-15-10-3-1-8(2-4-10)6-16-12(14)21/h1-4,7,15H,6H2,(H3,14,16,21)(H,17,18,19,20). The van der Waals surface area contributed by atoms with Crippen LogP contribution in [-0.2, 0) is 6.54 Å². The van der Waals surface area contributed by atoms with Crippen LogP contribution in [0.25, 0.3) is 5.57 Å². The zero-order chi connectivity index (χ0) is 15.1. The third-order valence-corrected chi connectivity index (χ3v) is 2.51. The molecule has 21 heavy (non-hydrogen) atoms. The van der Waals surface area contributed by atoms with E-state index in [2.05, 4.69) is 31.3 Å². The molecule has 0 atom stereocenters. The van der Waals surface area contributed by atoms with Gasteiger partial charge < -0.3 is 16.4 Å². The van der Waals surface area contributed by atoms with Gasteiger partial charge in [0.1, 0.15) is 11.6 Å². The second kappa shape index (κ2) is 6.67. The highest BCUT2D eigenvalue weighted by Crippen LogP contribution is 2.12. The number of hydrogen-bond acceptors (Lipinski definition) is 6. The van der Waals surface area contributed by atoms with Gasteiger partial charge in [0.15, 0.2) is 0 Å². The third-order valence-electron chi connectivity index (χ3n) is 2.51. The van der Waals surface area contributed by atoms with Crippen LogP contribution in [0, 0.1) is 11.3 Å². The van der Waals surface area contributed by atoms with E-state index in [0.29, 0.717) is 6.54 Å². The number of allylic oxidation sites excluding steroid dienone is 1. The number of urea groups is 1. The molecule has 0 bridgehead atoms. The zero-order valence-electron chi connectivity index (χ0n) is 10.9. The quantitative estimate of drug-likeness (QED) is 0.582. The maximum Gasteiger partial charge on any atom is 0.312 e. The normalized spacial score (nSPS) is 10.7. The lowest BCUT2D eigenvalue weighted by Gasteiger charge is -2.04. The Hall–Kier alpha value is -3.41. The molecule has 0 aliphatic carbocycles. The number of nitrogens with one attached hydrogen (secondary N) is 3. The Morgan fingerprint density at radius 3 is 2.76 bits per heavy atom. The molecule has 9 nitrogen and oxygen atoms in total. The maximum absolute atomic E-state index is 10.6. The van der Waals surface area contributed by atoms with Crippen LogP contribution >= 0.6 is 0 Å². The van der Waals surface area contributed by atoms with Crippen LogP contribution in [0.5, 0.6) is 0 Å². The molecule has 0 saturated carbocycles. The first-order valence-electron chi connectivity index (χ1n) is 5.92. The van der Waals surface area contributed by atoms with Gasteiger partial charge in [0, 0.05) is 18.4 Å². The molecular formula is C12H12N8O. The van der Waals surface area contributed by atoms with Crippen molar-refractivity contribution in [1.29, 1.82) is 5.26 Å². The van der Waals surface area contributed by atoms with Gasteiger partial charge in [-0.25, -0.2) is 4.79 Å². The minimum atomic E-state index is -0.570. The van der Waals surface area contributed by atoms with E-state index in [9.17, 15) is 4.79 Å². The molecule has 2 amide bonds. The molecule has 0 saturated heterocycles. The topological polar surface area (TPSA) is 145 Å². The van der Waals surface area contributed by atoms with E-state index in [1.807, 2.05) is 18.2 Å². The van der Waals surface area contributed by atoms with E-state index in [1.54, 1.807) is 12.1 Å². The average Bonchev–Trinajstić information content (AvgIpc) is 3.01. The zero-order valence-corrected chi connectivity index (χ0v) is 10.9. The summed E-state index contributed by atoms with van der Waals surface area (Å²) in [5, 5.41) is 27.6. The molecule has 106 valence electrons. The second-order valence-electron chi connectivity index (χ2n) is 3.96. The van der Waals surface area contributed by atoms with E-state index in [-0.39, 0.29) is 11.4 Å². The summed E-state index contributed by atoms with van der Waals surface area (Å²) in [6.07, 6.45) is 1.49. The van der Waals surface area contributed by atoms with Crippen molar-refractivity contribution >= 4 is 17.3 Å². The first-order chi connectivity index (χ1) is 10.2. The summed E-state index contributed by atoms with van der Waals surface area (Å²) in [7, 11) is 0. The number of carbonyl (C=O) groups is 1. The molecule has 0 aliphatic heterocycles. The van der Waals surface area contributed by atoms with Crippen LogP contribution in [0.4, 0.5) is 10.5 Å². The van der Waals surface area contributed by atoms with Crippen molar-refractivity contribution in [2.45, 2.75) is 6.54 Å². The fourth-order valence-electron chi connectivity index (χ4n) is 1.49. The fraction of sp³-hybridized carbons (Fsp3) is 0.0833. The lowest BCUT2D eigenvalue weighted by Crippen LogP contribution is -2.28. The van der Waals surface area contributed by atoms with Gasteiger partial charge in [-0.3, -0.25) is 0 Å². The Balaban J connectivity index is 2.00. The summed E-state index contributed by atoms with van der Waals surface area (Å²) in [5.74, 6) is 0.215. The molecule has 0 fully saturated rings. The highest BCUT2D eigenvalue weighted by Gasteiger charge is 2.05. The number of benzene rings is 1. The highest BCUT2D eigenvalue weighted by molar-refractivity contribution is 5.74. The Labute approximate surface area is 119 Å². The molecular weight excluding hydrogens is 272 g/mol. The Bertz CT molecular complexity index is 668. The van der Waals surface area contributed by atoms with Gasteiger partial charge >= 0.3 is 6.03 Å². The summed E-state index contributed by atoms with van der Waals surface area (Å²) in [5.41, 5.74) is 6.92. The number of aromatic nitrogens is 4. The Morgan fingerprint density at radius 1 is 1.43 bits per heavy atom. The molecule has 1 aromatic carbocycles. The van der Waals surface area contributed by atoms with Crippen LogP contribution in [0.15, 0.2) is 30.5 Å². The molecule has 1 aromatic heterocycles. The Kier molecular flexibility index (Phi) is 4.45. The van der Waals surface area contributed by atoms with Gasteiger partial charge in [0.2, 0.25) is 5.82 Å². The maximum atomic E-state index is 10.6. The van der Waals surface area contributed by atoms with Crippen molar-refractivity contribution in [3.05, 3.63) is 41.9 Å². The number of primary amides is 1. The van der Waals surface area contributed by atoms with Crippen molar-refractivity contribution < 1.29 is 4.79 Å². The first kappa shape index (κ1) is 14.0. The number of nitrogens with zero attached hydrogens (tertiary/aromatic N) is 4. The van der Waals surface area contributed by atoms with Crippen molar-refractivity contribution in [2.75, 3.05) is 5.32 Å². The van der Waals surface area contributed by atoms with Gasteiger partial charge in [-0.05, 0) is 22.9 Å². The number of H-pyrrole nitrogens is 1. The molecule has 0 unspecified atom stereocenters. The van der Waals surface area contributed by atoms with Gasteiger partial charge in [0.25, 0.3) is 0 Å². The molecule has 2 rings (SSSR count). The Morgan fingerprint density at radius 2 is 2.19 bits per heavy atom. The summed E-state index contributed by atoms with van der Waals surface area (Å²) in [4.78, 5) is 10.6. The predicted molar refractivity (Wildman–Crippen MR) is 74.3 cm³/mol. The number of hydrogen-bond donors (Lipinski definition) is 4. The SMILES string of the molecule is N#CC(=CNc1ccc(CNC(N)=O)cc1)c1nn[nH]n1. The highest BCUT2D eigenvalue weighted by atomic mass is 16.2. The van der Waals surface area contributed by atoms with Crippen LogP contribution in [0.2, 0.25) is 0 Å². The lowest BCUT2D eigenvalue weighted by molar-refractivity contribution is 0.248. The van der Waals surface area contributed by atoms with Crippen molar-refractivity contribution in [1.82, 2.24) is 25.9 Å². The number of nitriles is 1. The summed E-state index contributed by atoms with van der Waals surface area (Å²) >= 11 is 0. The molecule has 0 aliphatic rings. The van der Waals surface area contributed by atoms with Gasteiger partial charge in [-0.15, -0.1) is 10.2 Å². The van der Waals surface area contributed by atoms with Crippen LogP contribution in [0.1, 0.15) is 11.4 Å². The summed E-state index contributed by atoms with van der Waals surface area (Å²) in [6, 6.07) is 8.66. The average molecular weight is 284 g/mol. The van der Waals surface area contributed by atoms with E-state index >= 15 is 0 Å². The monoisotopic (exact) mass is 284 g/mol. The number of tetrazole rings is 1. The van der Waals surface area contributed by atoms with E-state index in [4.69, 9.17) is 11.0 Å². The largest absolute Gasteiger partial charge is 0.360 e. The molecule has 0 spiro atoms. The third kappa shape index (κ3) is 4.03.